The molecule has 2 aromatic carbocycles. The zero-order chi connectivity index (χ0) is 20.3. The van der Waals surface area contributed by atoms with E-state index in [-0.39, 0.29) is 28.2 Å². The van der Waals surface area contributed by atoms with E-state index in [1.54, 1.807) is 18.2 Å². The Morgan fingerprint density at radius 2 is 1.86 bits per heavy atom. The van der Waals surface area contributed by atoms with Crippen LogP contribution in [0.15, 0.2) is 60.3 Å². The zero-order valence-corrected chi connectivity index (χ0v) is 14.6. The molecule has 3 aromatic rings. The Bertz CT molecular complexity index is 1140. The zero-order valence-electron chi connectivity index (χ0n) is 14.6. The van der Waals surface area contributed by atoms with E-state index < -0.39 is 15.8 Å². The van der Waals surface area contributed by atoms with Crippen LogP contribution in [0.3, 0.4) is 0 Å². The van der Waals surface area contributed by atoms with Crippen molar-refractivity contribution in [2.24, 2.45) is 0 Å². The summed E-state index contributed by atoms with van der Waals surface area (Å²) in [6.45, 7) is 1.45. The molecule has 0 bridgehead atoms. The molecule has 0 aliphatic rings. The third-order valence-corrected chi connectivity index (χ3v) is 3.89. The summed E-state index contributed by atoms with van der Waals surface area (Å²) >= 11 is 0. The first-order chi connectivity index (χ1) is 13.4. The highest BCUT2D eigenvalue weighted by atomic mass is 16.6. The van der Waals surface area contributed by atoms with Gasteiger partial charge in [-0.05, 0) is 30.7 Å². The van der Waals surface area contributed by atoms with Crippen molar-refractivity contribution >= 4 is 34.3 Å². The van der Waals surface area contributed by atoms with Crippen LogP contribution in [0.1, 0.15) is 12.5 Å². The average Bonchev–Trinajstić information content (AvgIpc) is 2.68. The van der Waals surface area contributed by atoms with Gasteiger partial charge in [0.1, 0.15) is 5.52 Å². The molecular weight excluding hydrogens is 366 g/mol. The number of rotatable bonds is 5. The Labute approximate surface area is 158 Å². The van der Waals surface area contributed by atoms with E-state index >= 15 is 0 Å². The van der Waals surface area contributed by atoms with E-state index in [1.807, 2.05) is 0 Å². The maximum atomic E-state index is 12.5. The molecule has 0 unspecified atom stereocenters. The Kier molecular flexibility index (Phi) is 5.07. The lowest BCUT2D eigenvalue weighted by Gasteiger charge is -2.08. The SMILES string of the molecule is C/C(=C\c1cccc([N+](=O)[O-])c1)C(=O)Oc1c([N+](=O)[O-])ccc2cccnc12. The second kappa shape index (κ2) is 7.62. The van der Waals surface area contributed by atoms with Crippen molar-refractivity contribution in [1.29, 1.82) is 0 Å². The van der Waals surface area contributed by atoms with E-state index in [4.69, 9.17) is 4.74 Å². The van der Waals surface area contributed by atoms with Gasteiger partial charge >= 0.3 is 11.7 Å². The molecule has 0 spiro atoms. The van der Waals surface area contributed by atoms with Gasteiger partial charge in [0.05, 0.1) is 9.85 Å². The molecule has 0 radical (unpaired) electrons. The van der Waals surface area contributed by atoms with Gasteiger partial charge in [-0.25, -0.2) is 4.79 Å². The summed E-state index contributed by atoms with van der Waals surface area (Å²) in [7, 11) is 0. The number of ether oxygens (including phenoxy) is 1. The lowest BCUT2D eigenvalue weighted by molar-refractivity contribution is -0.385. The maximum absolute atomic E-state index is 12.5. The molecule has 140 valence electrons. The van der Waals surface area contributed by atoms with Gasteiger partial charge < -0.3 is 4.74 Å². The Morgan fingerprint density at radius 1 is 1.07 bits per heavy atom. The highest BCUT2D eigenvalue weighted by Gasteiger charge is 2.23. The third-order valence-electron chi connectivity index (χ3n) is 3.89. The van der Waals surface area contributed by atoms with Crippen molar-refractivity contribution < 1.29 is 19.4 Å². The van der Waals surface area contributed by atoms with Crippen LogP contribution < -0.4 is 4.74 Å². The quantitative estimate of drug-likeness (QED) is 0.215. The minimum atomic E-state index is -0.826. The van der Waals surface area contributed by atoms with Crippen molar-refractivity contribution in [3.63, 3.8) is 0 Å². The highest BCUT2D eigenvalue weighted by Crippen LogP contribution is 2.34. The van der Waals surface area contributed by atoms with Crippen LogP contribution in [0.2, 0.25) is 0 Å². The molecule has 0 aliphatic heterocycles. The summed E-state index contributed by atoms with van der Waals surface area (Å²) in [4.78, 5) is 37.5. The number of hydrogen-bond acceptors (Lipinski definition) is 7. The number of fused-ring (bicyclic) bond motifs is 1. The van der Waals surface area contributed by atoms with Crippen LogP contribution in [0.5, 0.6) is 5.75 Å². The minimum Gasteiger partial charge on any atom is -0.413 e. The topological polar surface area (TPSA) is 125 Å². The Morgan fingerprint density at radius 3 is 2.57 bits per heavy atom. The van der Waals surface area contributed by atoms with Crippen LogP contribution in [0.25, 0.3) is 17.0 Å². The number of aromatic nitrogens is 1. The molecule has 28 heavy (non-hydrogen) atoms. The fourth-order valence-electron chi connectivity index (χ4n) is 2.56. The summed E-state index contributed by atoms with van der Waals surface area (Å²) in [6.07, 6.45) is 2.84. The van der Waals surface area contributed by atoms with Crippen LogP contribution >= 0.6 is 0 Å². The maximum Gasteiger partial charge on any atom is 0.339 e. The predicted octanol–water partition coefficient (Wildman–Crippen LogP) is 4.06. The molecule has 0 amide bonds. The van der Waals surface area contributed by atoms with Gasteiger partial charge in [-0.1, -0.05) is 18.2 Å². The lowest BCUT2D eigenvalue weighted by Crippen LogP contribution is -2.11. The molecule has 9 heteroatoms. The second-order valence-corrected chi connectivity index (χ2v) is 5.82. The van der Waals surface area contributed by atoms with Gasteiger partial charge in [0.15, 0.2) is 0 Å². The number of benzene rings is 2. The van der Waals surface area contributed by atoms with Crippen molar-refractivity contribution in [1.82, 2.24) is 4.98 Å². The number of carbonyl (C=O) groups excluding carboxylic acids is 1. The first kappa shape index (κ1) is 18.6. The van der Waals surface area contributed by atoms with E-state index in [2.05, 4.69) is 4.98 Å². The molecule has 0 aliphatic carbocycles. The van der Waals surface area contributed by atoms with Gasteiger partial charge in [0.2, 0.25) is 5.75 Å². The van der Waals surface area contributed by atoms with Gasteiger partial charge in [0, 0.05) is 35.4 Å². The first-order valence-electron chi connectivity index (χ1n) is 8.04. The largest absolute Gasteiger partial charge is 0.413 e. The van der Waals surface area contributed by atoms with E-state index in [9.17, 15) is 25.0 Å². The van der Waals surface area contributed by atoms with Gasteiger partial charge in [-0.3, -0.25) is 25.2 Å². The molecule has 0 N–H and O–H groups in total. The average molecular weight is 379 g/mol. The van der Waals surface area contributed by atoms with E-state index in [0.717, 1.165) is 0 Å². The highest BCUT2D eigenvalue weighted by molar-refractivity contribution is 5.98. The normalized spacial score (nSPS) is 11.2. The fraction of sp³-hybridized carbons (Fsp3) is 0.0526. The number of hydrogen-bond donors (Lipinski definition) is 0. The van der Waals surface area contributed by atoms with Crippen molar-refractivity contribution in [3.05, 3.63) is 86.1 Å². The molecular formula is C19H13N3O6. The summed E-state index contributed by atoms with van der Waals surface area (Å²) in [5, 5.41) is 22.8. The standard InChI is InChI=1S/C19H13N3O6/c1-12(10-13-4-2-6-15(11-13)21(24)25)19(23)28-18-16(22(26)27)8-7-14-5-3-9-20-17(14)18/h2-11H,1H3/b12-10+. The van der Waals surface area contributed by atoms with Crippen molar-refractivity contribution in [2.45, 2.75) is 6.92 Å². The number of pyridine rings is 1. The molecule has 1 heterocycles. The molecule has 9 nitrogen and oxygen atoms in total. The first-order valence-corrected chi connectivity index (χ1v) is 8.04. The van der Waals surface area contributed by atoms with Crippen LogP contribution in [-0.4, -0.2) is 20.8 Å². The smallest absolute Gasteiger partial charge is 0.339 e. The van der Waals surface area contributed by atoms with Crippen LogP contribution in [-0.2, 0) is 4.79 Å². The van der Waals surface area contributed by atoms with Crippen LogP contribution in [0, 0.1) is 20.2 Å². The Hall–Kier alpha value is -4.14. The van der Waals surface area contributed by atoms with Crippen molar-refractivity contribution in [3.8, 4) is 5.75 Å². The molecule has 3 rings (SSSR count). The van der Waals surface area contributed by atoms with E-state index in [1.165, 1.54) is 49.5 Å². The van der Waals surface area contributed by atoms with Gasteiger partial charge in [-0.15, -0.1) is 0 Å². The second-order valence-electron chi connectivity index (χ2n) is 5.82. The monoisotopic (exact) mass is 379 g/mol. The molecule has 1 aromatic heterocycles. The van der Waals surface area contributed by atoms with Gasteiger partial charge in [0.25, 0.3) is 5.69 Å². The number of nitro groups is 2. The molecule has 0 saturated heterocycles. The predicted molar refractivity (Wildman–Crippen MR) is 101 cm³/mol. The third kappa shape index (κ3) is 3.83. The number of carbonyl (C=O) groups is 1. The summed E-state index contributed by atoms with van der Waals surface area (Å²) in [5.41, 5.74) is 0.219. The fourth-order valence-corrected chi connectivity index (χ4v) is 2.56. The number of non-ortho nitro benzene ring substituents is 1. The molecule has 0 saturated carbocycles. The molecule has 0 fully saturated rings. The summed E-state index contributed by atoms with van der Waals surface area (Å²) < 4.78 is 5.29. The lowest BCUT2D eigenvalue weighted by atomic mass is 10.1. The summed E-state index contributed by atoms with van der Waals surface area (Å²) in [6, 6.07) is 11.8. The van der Waals surface area contributed by atoms with Gasteiger partial charge in [-0.2, -0.15) is 0 Å². The number of nitrogens with zero attached hydrogens (tertiary/aromatic N) is 3. The van der Waals surface area contributed by atoms with E-state index in [0.29, 0.717) is 10.9 Å². The number of nitro benzene ring substituents is 2. The van der Waals surface area contributed by atoms with Crippen molar-refractivity contribution in [2.75, 3.05) is 0 Å². The Balaban J connectivity index is 1.96. The van der Waals surface area contributed by atoms with Crippen LogP contribution in [0.4, 0.5) is 11.4 Å². The summed E-state index contributed by atoms with van der Waals surface area (Å²) in [5.74, 6) is -1.08. The minimum absolute atomic E-state index is 0.114. The number of esters is 1. The molecule has 0 atom stereocenters.